The molecule has 1 heterocycles. The molecule has 1 aliphatic rings. The smallest absolute Gasteiger partial charge is 0.327 e. The monoisotopic (exact) mass is 383 g/mol. The van der Waals surface area contributed by atoms with Gasteiger partial charge in [0.05, 0.1) is 10.5 Å². The first-order valence-corrected chi connectivity index (χ1v) is 7.98. The number of nitrogens with zero attached hydrogens (tertiary/aromatic N) is 2. The summed E-state index contributed by atoms with van der Waals surface area (Å²) in [6, 6.07) is 11.6. The van der Waals surface area contributed by atoms with Gasteiger partial charge in [-0.2, -0.15) is 0 Å². The molecule has 1 unspecified atom stereocenters. The highest BCUT2D eigenvalue weighted by atomic mass is 16.6. The van der Waals surface area contributed by atoms with Crippen molar-refractivity contribution < 1.29 is 28.8 Å². The zero-order chi connectivity index (χ0) is 20.4. The van der Waals surface area contributed by atoms with Gasteiger partial charge in [-0.15, -0.1) is 0 Å². The molecule has 0 aliphatic carbocycles. The number of rotatable bonds is 6. The Hall–Kier alpha value is -4.08. The van der Waals surface area contributed by atoms with Crippen LogP contribution in [0.5, 0.6) is 0 Å². The largest absolute Gasteiger partial charge is 0.446 e. The summed E-state index contributed by atoms with van der Waals surface area (Å²) in [5.41, 5.74) is 4.48. The second kappa shape index (κ2) is 7.27. The minimum atomic E-state index is -1.40. The number of nitro benzene ring substituents is 1. The number of imide groups is 1. The molecule has 2 N–H and O–H groups in total. The van der Waals surface area contributed by atoms with Gasteiger partial charge in [0.2, 0.25) is 6.10 Å². The summed E-state index contributed by atoms with van der Waals surface area (Å²) in [6.45, 7) is -0.819. The Kier molecular flexibility index (Phi) is 4.86. The van der Waals surface area contributed by atoms with E-state index in [1.807, 2.05) is 0 Å². The molecule has 3 amide bonds. The highest BCUT2D eigenvalue weighted by Gasteiger charge is 2.42. The van der Waals surface area contributed by atoms with Crippen molar-refractivity contribution in [2.75, 3.05) is 6.54 Å². The van der Waals surface area contributed by atoms with E-state index in [0.717, 1.165) is 6.07 Å². The Labute approximate surface area is 157 Å². The van der Waals surface area contributed by atoms with Gasteiger partial charge in [0.25, 0.3) is 23.4 Å². The van der Waals surface area contributed by atoms with Crippen molar-refractivity contribution in [3.05, 3.63) is 75.3 Å². The van der Waals surface area contributed by atoms with Crippen LogP contribution in [0.3, 0.4) is 0 Å². The molecule has 1 atom stereocenters. The Balaban J connectivity index is 1.80. The fraction of sp³-hybridized carbons (Fsp3) is 0.111. The number of amides is 3. The third kappa shape index (κ3) is 3.30. The van der Waals surface area contributed by atoms with Crippen LogP contribution in [0, 0.1) is 10.1 Å². The Bertz CT molecular complexity index is 1000. The van der Waals surface area contributed by atoms with Gasteiger partial charge < -0.3 is 10.5 Å². The van der Waals surface area contributed by atoms with Gasteiger partial charge in [-0.3, -0.25) is 34.2 Å². The van der Waals surface area contributed by atoms with Crippen LogP contribution in [0.25, 0.3) is 0 Å². The zero-order valence-corrected chi connectivity index (χ0v) is 14.2. The topological polar surface area (TPSA) is 150 Å². The van der Waals surface area contributed by atoms with Gasteiger partial charge in [-0.1, -0.05) is 36.4 Å². The third-order valence-corrected chi connectivity index (χ3v) is 4.07. The van der Waals surface area contributed by atoms with Crippen molar-refractivity contribution in [3.8, 4) is 0 Å². The van der Waals surface area contributed by atoms with Crippen LogP contribution in [0.4, 0.5) is 5.69 Å². The van der Waals surface area contributed by atoms with Crippen LogP contribution in [-0.2, 0) is 14.3 Å². The molecule has 1 aliphatic heterocycles. The molecule has 0 saturated carbocycles. The van der Waals surface area contributed by atoms with E-state index >= 15 is 0 Å². The maximum absolute atomic E-state index is 12.5. The van der Waals surface area contributed by atoms with E-state index in [-0.39, 0.29) is 11.1 Å². The second-order valence-corrected chi connectivity index (χ2v) is 5.84. The summed E-state index contributed by atoms with van der Waals surface area (Å²) in [5, 5.41) is 11.1. The lowest BCUT2D eigenvalue weighted by Crippen LogP contribution is -2.37. The molecule has 2 aromatic rings. The predicted molar refractivity (Wildman–Crippen MR) is 92.9 cm³/mol. The van der Waals surface area contributed by atoms with Crippen LogP contribution in [0.2, 0.25) is 0 Å². The van der Waals surface area contributed by atoms with E-state index in [1.54, 1.807) is 18.2 Å². The van der Waals surface area contributed by atoms with Crippen molar-refractivity contribution in [2.45, 2.75) is 6.10 Å². The number of esters is 1. The predicted octanol–water partition coefficient (Wildman–Crippen LogP) is 0.961. The molecule has 0 aromatic heterocycles. The molecule has 2 aromatic carbocycles. The Morgan fingerprint density at radius 1 is 1.07 bits per heavy atom. The van der Waals surface area contributed by atoms with Crippen LogP contribution >= 0.6 is 0 Å². The summed E-state index contributed by atoms with van der Waals surface area (Å²) in [4.78, 5) is 59.6. The van der Waals surface area contributed by atoms with Gasteiger partial charge in [-0.25, -0.2) is 0 Å². The van der Waals surface area contributed by atoms with Crippen LogP contribution < -0.4 is 5.73 Å². The molecule has 0 saturated heterocycles. The first kappa shape index (κ1) is 18.7. The molecule has 3 rings (SSSR count). The van der Waals surface area contributed by atoms with E-state index in [2.05, 4.69) is 0 Å². The van der Waals surface area contributed by atoms with Crippen LogP contribution in [0.15, 0.2) is 48.5 Å². The summed E-state index contributed by atoms with van der Waals surface area (Å²) in [6.07, 6.45) is -1.40. The number of nitro groups is 1. The van der Waals surface area contributed by atoms with Crippen molar-refractivity contribution in [3.63, 3.8) is 0 Å². The Morgan fingerprint density at radius 2 is 1.75 bits per heavy atom. The number of nitrogens with two attached hydrogens (primary N) is 1. The summed E-state index contributed by atoms with van der Waals surface area (Å²) >= 11 is 0. The highest BCUT2D eigenvalue weighted by Crippen LogP contribution is 2.30. The normalized spacial score (nSPS) is 13.8. The molecule has 0 radical (unpaired) electrons. The molecule has 0 spiro atoms. The lowest BCUT2D eigenvalue weighted by molar-refractivity contribution is -0.385. The number of carbonyl (C=O) groups is 4. The fourth-order valence-corrected chi connectivity index (χ4v) is 2.83. The maximum Gasteiger partial charge on any atom is 0.327 e. The summed E-state index contributed by atoms with van der Waals surface area (Å²) in [5.74, 6) is -3.85. The van der Waals surface area contributed by atoms with Crippen molar-refractivity contribution in [1.29, 1.82) is 0 Å². The second-order valence-electron chi connectivity index (χ2n) is 5.84. The molecule has 28 heavy (non-hydrogen) atoms. The molecular weight excluding hydrogens is 370 g/mol. The first-order chi connectivity index (χ1) is 13.3. The number of fused-ring (bicyclic) bond motifs is 1. The number of hydrogen-bond donors (Lipinski definition) is 1. The van der Waals surface area contributed by atoms with E-state index in [0.29, 0.717) is 10.5 Å². The van der Waals surface area contributed by atoms with Crippen molar-refractivity contribution >= 4 is 29.4 Å². The molecular formula is C18H13N3O7. The van der Waals surface area contributed by atoms with Gasteiger partial charge in [0.1, 0.15) is 12.1 Å². The number of benzene rings is 2. The first-order valence-electron chi connectivity index (χ1n) is 7.98. The van der Waals surface area contributed by atoms with Gasteiger partial charge in [-0.05, 0) is 6.07 Å². The molecule has 10 nitrogen and oxygen atoms in total. The lowest BCUT2D eigenvalue weighted by Gasteiger charge is -2.17. The van der Waals surface area contributed by atoms with Crippen molar-refractivity contribution in [1.82, 2.24) is 4.90 Å². The number of primary amides is 1. The minimum Gasteiger partial charge on any atom is -0.446 e. The van der Waals surface area contributed by atoms with E-state index in [4.69, 9.17) is 10.5 Å². The molecule has 10 heteroatoms. The number of carbonyl (C=O) groups excluding carboxylic acids is 4. The van der Waals surface area contributed by atoms with E-state index in [9.17, 15) is 29.3 Å². The molecule has 0 fully saturated rings. The average molecular weight is 383 g/mol. The third-order valence-electron chi connectivity index (χ3n) is 4.07. The number of ether oxygens (including phenoxy) is 1. The Morgan fingerprint density at radius 3 is 2.36 bits per heavy atom. The molecule has 0 bridgehead atoms. The van der Waals surface area contributed by atoms with E-state index in [1.165, 1.54) is 24.3 Å². The van der Waals surface area contributed by atoms with Crippen molar-refractivity contribution in [2.24, 2.45) is 5.73 Å². The number of hydrogen-bond acceptors (Lipinski definition) is 7. The quantitative estimate of drug-likeness (QED) is 0.338. The SMILES string of the molecule is NC(=O)C(OC(=O)CN1C(=O)c2cccc([N+](=O)[O-])c2C1=O)c1ccccc1. The van der Waals surface area contributed by atoms with Gasteiger partial charge in [0.15, 0.2) is 0 Å². The standard InChI is InChI=1S/C18H13N3O7/c19-16(23)15(10-5-2-1-3-6-10)28-13(22)9-20-17(24)11-7-4-8-12(21(26)27)14(11)18(20)25/h1-8,15H,9H2,(H2,19,23). The van der Waals surface area contributed by atoms with Gasteiger partial charge in [0, 0.05) is 11.6 Å². The minimum absolute atomic E-state index is 0.179. The zero-order valence-electron chi connectivity index (χ0n) is 14.2. The summed E-state index contributed by atoms with van der Waals surface area (Å²) < 4.78 is 5.04. The summed E-state index contributed by atoms with van der Waals surface area (Å²) in [7, 11) is 0. The maximum atomic E-state index is 12.5. The highest BCUT2D eigenvalue weighted by molar-refractivity contribution is 6.24. The fourth-order valence-electron chi connectivity index (χ4n) is 2.83. The average Bonchev–Trinajstić information content (AvgIpc) is 2.91. The molecule has 142 valence electrons. The van der Waals surface area contributed by atoms with Gasteiger partial charge >= 0.3 is 5.97 Å². The van der Waals surface area contributed by atoms with Crippen LogP contribution in [0.1, 0.15) is 32.4 Å². The van der Waals surface area contributed by atoms with E-state index < -0.39 is 47.0 Å². The lowest BCUT2D eigenvalue weighted by atomic mass is 10.1. The van der Waals surface area contributed by atoms with Crippen LogP contribution in [-0.4, -0.2) is 40.1 Å².